The third kappa shape index (κ3) is 2.83. The van der Waals surface area contributed by atoms with Gasteiger partial charge in [-0.15, -0.1) is 0 Å². The number of para-hydroxylation sites is 1. The fourth-order valence-electron chi connectivity index (χ4n) is 1.89. The standard InChI is InChI=1S/C14H11N3O3S/c15-21(18,19)13-6-3-7-16-14(13)20-11-8-10-4-1-2-5-12(10)17-9-11/h1-9H,(H2,15,18,19). The Labute approximate surface area is 121 Å². The Morgan fingerprint density at radius 2 is 1.86 bits per heavy atom. The lowest BCUT2D eigenvalue weighted by Gasteiger charge is -2.08. The normalized spacial score (nSPS) is 11.5. The maximum atomic E-state index is 11.5. The summed E-state index contributed by atoms with van der Waals surface area (Å²) in [6, 6.07) is 12.1. The van der Waals surface area contributed by atoms with Gasteiger partial charge in [0.05, 0.1) is 11.7 Å². The molecule has 0 radical (unpaired) electrons. The average Bonchev–Trinajstić information content (AvgIpc) is 2.46. The van der Waals surface area contributed by atoms with Crippen LogP contribution in [0.3, 0.4) is 0 Å². The van der Waals surface area contributed by atoms with E-state index in [0.29, 0.717) is 5.75 Å². The van der Waals surface area contributed by atoms with E-state index in [4.69, 9.17) is 9.88 Å². The number of benzene rings is 1. The quantitative estimate of drug-likeness (QED) is 0.799. The molecule has 21 heavy (non-hydrogen) atoms. The van der Waals surface area contributed by atoms with E-state index in [9.17, 15) is 8.42 Å². The van der Waals surface area contributed by atoms with Crippen LogP contribution in [0.2, 0.25) is 0 Å². The second-order valence-corrected chi connectivity index (χ2v) is 5.85. The van der Waals surface area contributed by atoms with Crippen LogP contribution in [0.25, 0.3) is 10.9 Å². The highest BCUT2D eigenvalue weighted by Crippen LogP contribution is 2.26. The van der Waals surface area contributed by atoms with Gasteiger partial charge >= 0.3 is 0 Å². The van der Waals surface area contributed by atoms with Gasteiger partial charge < -0.3 is 4.74 Å². The zero-order valence-corrected chi connectivity index (χ0v) is 11.6. The number of nitrogens with two attached hydrogens (primary N) is 1. The minimum absolute atomic E-state index is 0.0721. The number of aromatic nitrogens is 2. The van der Waals surface area contributed by atoms with E-state index in [1.165, 1.54) is 24.5 Å². The number of nitrogens with zero attached hydrogens (tertiary/aromatic N) is 2. The topological polar surface area (TPSA) is 95.2 Å². The van der Waals surface area contributed by atoms with Crippen molar-refractivity contribution >= 4 is 20.9 Å². The van der Waals surface area contributed by atoms with Crippen molar-refractivity contribution in [1.29, 1.82) is 0 Å². The summed E-state index contributed by atoms with van der Waals surface area (Å²) in [5, 5.41) is 6.02. The van der Waals surface area contributed by atoms with E-state index in [1.807, 2.05) is 24.3 Å². The summed E-state index contributed by atoms with van der Waals surface area (Å²) < 4.78 is 28.5. The highest BCUT2D eigenvalue weighted by molar-refractivity contribution is 7.89. The van der Waals surface area contributed by atoms with Crippen molar-refractivity contribution < 1.29 is 13.2 Å². The minimum Gasteiger partial charge on any atom is -0.436 e. The first-order chi connectivity index (χ1) is 10.0. The summed E-state index contributed by atoms with van der Waals surface area (Å²) in [5.74, 6) is 0.314. The van der Waals surface area contributed by atoms with E-state index in [0.717, 1.165) is 10.9 Å². The largest absolute Gasteiger partial charge is 0.436 e. The molecule has 2 N–H and O–H groups in total. The van der Waals surface area contributed by atoms with Crippen LogP contribution in [0, 0.1) is 0 Å². The van der Waals surface area contributed by atoms with Crippen LogP contribution in [0.15, 0.2) is 59.8 Å². The minimum atomic E-state index is -3.90. The fourth-order valence-corrected chi connectivity index (χ4v) is 2.49. The van der Waals surface area contributed by atoms with Crippen molar-refractivity contribution in [2.75, 3.05) is 0 Å². The van der Waals surface area contributed by atoms with Gasteiger partial charge in [0.15, 0.2) is 0 Å². The van der Waals surface area contributed by atoms with Crippen molar-refractivity contribution in [3.05, 3.63) is 54.9 Å². The van der Waals surface area contributed by atoms with Crippen LogP contribution in [0.4, 0.5) is 0 Å². The molecule has 0 amide bonds. The number of ether oxygens (including phenoxy) is 1. The molecule has 0 aliphatic heterocycles. The zero-order valence-electron chi connectivity index (χ0n) is 10.8. The summed E-state index contributed by atoms with van der Waals surface area (Å²) in [6.45, 7) is 0. The van der Waals surface area contributed by atoms with E-state index in [2.05, 4.69) is 9.97 Å². The van der Waals surface area contributed by atoms with Gasteiger partial charge in [0.2, 0.25) is 15.9 Å². The van der Waals surface area contributed by atoms with Crippen molar-refractivity contribution in [3.63, 3.8) is 0 Å². The van der Waals surface area contributed by atoms with Gasteiger partial charge in [0.1, 0.15) is 10.6 Å². The van der Waals surface area contributed by atoms with Crippen LogP contribution in [0.5, 0.6) is 11.6 Å². The summed E-state index contributed by atoms with van der Waals surface area (Å²) in [5.41, 5.74) is 0.817. The Hall–Kier alpha value is -2.51. The molecule has 3 aromatic rings. The third-order valence-electron chi connectivity index (χ3n) is 2.82. The second-order valence-electron chi connectivity index (χ2n) is 4.32. The van der Waals surface area contributed by atoms with E-state index >= 15 is 0 Å². The summed E-state index contributed by atoms with van der Waals surface area (Å²) in [7, 11) is -3.90. The van der Waals surface area contributed by atoms with E-state index in [-0.39, 0.29) is 10.8 Å². The highest BCUT2D eigenvalue weighted by Gasteiger charge is 2.16. The summed E-state index contributed by atoms with van der Waals surface area (Å²) >= 11 is 0. The number of sulfonamides is 1. The number of fused-ring (bicyclic) bond motifs is 1. The molecule has 1 aromatic carbocycles. The molecule has 6 nitrogen and oxygen atoms in total. The number of rotatable bonds is 3. The average molecular weight is 301 g/mol. The Morgan fingerprint density at radius 1 is 1.05 bits per heavy atom. The maximum absolute atomic E-state index is 11.5. The molecule has 7 heteroatoms. The predicted molar refractivity (Wildman–Crippen MR) is 77.4 cm³/mol. The molecule has 2 heterocycles. The molecule has 0 bridgehead atoms. The van der Waals surface area contributed by atoms with Gasteiger partial charge in [-0.2, -0.15) is 0 Å². The molecule has 0 spiro atoms. The van der Waals surface area contributed by atoms with Crippen LogP contribution in [-0.2, 0) is 10.0 Å². The SMILES string of the molecule is NS(=O)(=O)c1cccnc1Oc1cnc2ccccc2c1. The molecule has 0 fully saturated rings. The smallest absolute Gasteiger partial charge is 0.243 e. The lowest BCUT2D eigenvalue weighted by atomic mass is 10.2. The van der Waals surface area contributed by atoms with Crippen LogP contribution >= 0.6 is 0 Å². The van der Waals surface area contributed by atoms with E-state index < -0.39 is 10.0 Å². The van der Waals surface area contributed by atoms with Gasteiger partial charge in [-0.05, 0) is 24.3 Å². The van der Waals surface area contributed by atoms with Gasteiger partial charge in [0.25, 0.3) is 0 Å². The van der Waals surface area contributed by atoms with Crippen LogP contribution in [-0.4, -0.2) is 18.4 Å². The molecule has 3 rings (SSSR count). The Morgan fingerprint density at radius 3 is 2.67 bits per heavy atom. The van der Waals surface area contributed by atoms with Crippen molar-refractivity contribution in [3.8, 4) is 11.6 Å². The van der Waals surface area contributed by atoms with Crippen molar-refractivity contribution in [2.45, 2.75) is 4.90 Å². The molecule has 106 valence electrons. The number of hydrogen-bond donors (Lipinski definition) is 1. The summed E-state index contributed by atoms with van der Waals surface area (Å²) in [6.07, 6.45) is 2.93. The first-order valence-electron chi connectivity index (χ1n) is 6.04. The molecule has 0 atom stereocenters. The molecule has 0 saturated heterocycles. The Bertz CT molecular complexity index is 910. The zero-order chi connectivity index (χ0) is 14.9. The van der Waals surface area contributed by atoms with Gasteiger partial charge in [-0.3, -0.25) is 4.98 Å². The Balaban J connectivity index is 2.03. The van der Waals surface area contributed by atoms with Crippen molar-refractivity contribution in [2.24, 2.45) is 5.14 Å². The lowest BCUT2D eigenvalue weighted by molar-refractivity contribution is 0.446. The summed E-state index contributed by atoms with van der Waals surface area (Å²) in [4.78, 5) is 7.98. The second kappa shape index (κ2) is 5.12. The highest BCUT2D eigenvalue weighted by atomic mass is 32.2. The molecular weight excluding hydrogens is 290 g/mol. The maximum Gasteiger partial charge on any atom is 0.243 e. The molecule has 0 saturated carbocycles. The van der Waals surface area contributed by atoms with Crippen molar-refractivity contribution in [1.82, 2.24) is 9.97 Å². The lowest BCUT2D eigenvalue weighted by Crippen LogP contribution is -2.13. The number of hydrogen-bond acceptors (Lipinski definition) is 5. The van der Waals surface area contributed by atoms with Crippen LogP contribution < -0.4 is 9.88 Å². The molecular formula is C14H11N3O3S. The predicted octanol–water partition coefficient (Wildman–Crippen LogP) is 2.07. The Kier molecular flexibility index (Phi) is 3.28. The van der Waals surface area contributed by atoms with Crippen LogP contribution in [0.1, 0.15) is 0 Å². The molecule has 0 unspecified atom stereocenters. The van der Waals surface area contributed by atoms with E-state index in [1.54, 1.807) is 6.07 Å². The van der Waals surface area contributed by atoms with Gasteiger partial charge in [-0.25, -0.2) is 18.5 Å². The monoisotopic (exact) mass is 301 g/mol. The molecule has 0 aliphatic rings. The van der Waals surface area contributed by atoms with Gasteiger partial charge in [0, 0.05) is 11.6 Å². The first-order valence-corrected chi connectivity index (χ1v) is 7.59. The molecule has 2 aromatic heterocycles. The van der Waals surface area contributed by atoms with Gasteiger partial charge in [-0.1, -0.05) is 18.2 Å². The fraction of sp³-hybridized carbons (Fsp3) is 0. The third-order valence-corrected chi connectivity index (χ3v) is 3.75. The number of primary sulfonamides is 1. The molecule has 0 aliphatic carbocycles. The first kappa shape index (κ1) is 13.5. The number of pyridine rings is 2.